The van der Waals surface area contributed by atoms with E-state index in [0.29, 0.717) is 54.8 Å². The fraction of sp³-hybridized carbons (Fsp3) is 0.375. The Bertz CT molecular complexity index is 986. The summed E-state index contributed by atoms with van der Waals surface area (Å²) in [4.78, 5) is 28.6. The molecule has 1 saturated heterocycles. The van der Waals surface area contributed by atoms with Gasteiger partial charge < -0.3 is 15.1 Å². The summed E-state index contributed by atoms with van der Waals surface area (Å²) in [7, 11) is 0. The molecule has 1 heterocycles. The van der Waals surface area contributed by atoms with E-state index in [4.69, 9.17) is 23.8 Å². The molecule has 2 N–H and O–H groups in total. The lowest BCUT2D eigenvalue weighted by atomic mass is 10.0. The second-order valence-corrected chi connectivity index (χ2v) is 8.86. The number of thiocarbonyl (C=S) groups is 1. The number of rotatable bonds is 5. The molecule has 0 spiro atoms. The number of piperazine rings is 1. The molecule has 8 heteroatoms. The number of amides is 2. The molecule has 2 aromatic rings. The Labute approximate surface area is 199 Å². The highest BCUT2D eigenvalue weighted by molar-refractivity contribution is 7.80. The van der Waals surface area contributed by atoms with Gasteiger partial charge in [-0.25, -0.2) is 0 Å². The molecule has 0 atom stereocenters. The molecule has 0 unspecified atom stereocenters. The van der Waals surface area contributed by atoms with Gasteiger partial charge in [0.15, 0.2) is 5.11 Å². The van der Waals surface area contributed by atoms with Crippen molar-refractivity contribution in [1.29, 1.82) is 0 Å². The molecule has 0 bridgehead atoms. The van der Waals surface area contributed by atoms with E-state index in [2.05, 4.69) is 29.4 Å². The van der Waals surface area contributed by atoms with Crippen LogP contribution in [0.2, 0.25) is 5.02 Å². The quantitative estimate of drug-likeness (QED) is 0.620. The number of nitrogens with one attached hydrogen (secondary N) is 2. The van der Waals surface area contributed by atoms with E-state index in [1.807, 2.05) is 42.2 Å². The molecule has 0 aromatic heterocycles. The number of benzene rings is 2. The van der Waals surface area contributed by atoms with Crippen molar-refractivity contribution in [2.45, 2.75) is 33.1 Å². The van der Waals surface area contributed by atoms with Crippen LogP contribution in [0.15, 0.2) is 42.5 Å². The van der Waals surface area contributed by atoms with E-state index in [0.717, 1.165) is 5.69 Å². The zero-order valence-corrected chi connectivity index (χ0v) is 20.2. The van der Waals surface area contributed by atoms with Crippen molar-refractivity contribution in [3.05, 3.63) is 58.6 Å². The zero-order valence-electron chi connectivity index (χ0n) is 18.7. The molecular formula is C24H29ClN4O2S. The Balaban J connectivity index is 1.67. The van der Waals surface area contributed by atoms with Gasteiger partial charge in [0.25, 0.3) is 5.91 Å². The van der Waals surface area contributed by atoms with E-state index in [9.17, 15) is 9.59 Å². The topological polar surface area (TPSA) is 64.7 Å². The molecule has 3 rings (SSSR count). The van der Waals surface area contributed by atoms with Crippen LogP contribution in [0.4, 0.5) is 11.4 Å². The molecule has 0 saturated carbocycles. The fourth-order valence-corrected chi connectivity index (χ4v) is 4.19. The summed E-state index contributed by atoms with van der Waals surface area (Å²) in [6, 6.07) is 13.0. The number of hydrogen-bond acceptors (Lipinski definition) is 4. The van der Waals surface area contributed by atoms with Crippen molar-refractivity contribution in [3.8, 4) is 0 Å². The first-order valence-electron chi connectivity index (χ1n) is 10.8. The maximum Gasteiger partial charge on any atom is 0.257 e. The second-order valence-electron chi connectivity index (χ2n) is 8.04. The molecule has 6 nitrogen and oxygen atoms in total. The smallest absolute Gasteiger partial charge is 0.257 e. The standard InChI is InChI=1S/C24H29ClN4O2S/c1-4-21(30)28-12-14-29(15-13-28)22-19(25)6-5-7-20(22)26-24(32)27-23(31)18-10-8-17(9-11-18)16(2)3/h5-11,16H,4,12-15H2,1-3H3,(H2,26,27,31,32). The predicted molar refractivity (Wildman–Crippen MR) is 135 cm³/mol. The Morgan fingerprint density at radius 1 is 1.06 bits per heavy atom. The lowest BCUT2D eigenvalue weighted by Crippen LogP contribution is -2.49. The molecule has 0 aliphatic carbocycles. The monoisotopic (exact) mass is 472 g/mol. The molecule has 1 aliphatic heterocycles. The van der Waals surface area contributed by atoms with Gasteiger partial charge in [-0.05, 0) is 48.0 Å². The van der Waals surface area contributed by atoms with Gasteiger partial charge in [-0.2, -0.15) is 0 Å². The molecular weight excluding hydrogens is 444 g/mol. The number of anilines is 2. The highest BCUT2D eigenvalue weighted by Crippen LogP contribution is 2.34. The molecule has 0 radical (unpaired) electrons. The van der Waals surface area contributed by atoms with Crippen molar-refractivity contribution >= 4 is 52.1 Å². The normalized spacial score (nSPS) is 13.8. The Morgan fingerprint density at radius 3 is 2.31 bits per heavy atom. The summed E-state index contributed by atoms with van der Waals surface area (Å²) in [5.41, 5.74) is 3.25. The minimum Gasteiger partial charge on any atom is -0.365 e. The highest BCUT2D eigenvalue weighted by atomic mass is 35.5. The van der Waals surface area contributed by atoms with Crippen LogP contribution in [0.5, 0.6) is 0 Å². The van der Waals surface area contributed by atoms with Gasteiger partial charge in [-0.15, -0.1) is 0 Å². The van der Waals surface area contributed by atoms with Crippen LogP contribution in [0.1, 0.15) is 49.0 Å². The Hall–Kier alpha value is -2.64. The summed E-state index contributed by atoms with van der Waals surface area (Å²) in [5, 5.41) is 6.64. The average Bonchev–Trinajstić information content (AvgIpc) is 2.79. The number of carbonyl (C=O) groups excluding carboxylic acids is 2. The SMILES string of the molecule is CCC(=O)N1CCN(c2c(Cl)cccc2NC(=S)NC(=O)c2ccc(C(C)C)cc2)CC1. The van der Waals surface area contributed by atoms with E-state index in [1.54, 1.807) is 12.1 Å². The van der Waals surface area contributed by atoms with Gasteiger partial charge in [0.2, 0.25) is 5.91 Å². The molecule has 32 heavy (non-hydrogen) atoms. The largest absolute Gasteiger partial charge is 0.365 e. The molecule has 170 valence electrons. The third-order valence-electron chi connectivity index (χ3n) is 5.55. The maximum atomic E-state index is 12.6. The van der Waals surface area contributed by atoms with Crippen LogP contribution in [0.3, 0.4) is 0 Å². The molecule has 1 fully saturated rings. The first-order chi connectivity index (χ1) is 15.3. The van der Waals surface area contributed by atoms with Gasteiger partial charge in [0, 0.05) is 38.2 Å². The predicted octanol–water partition coefficient (Wildman–Crippen LogP) is 4.65. The van der Waals surface area contributed by atoms with Crippen LogP contribution < -0.4 is 15.5 Å². The summed E-state index contributed by atoms with van der Waals surface area (Å²) >= 11 is 11.9. The Morgan fingerprint density at radius 2 is 1.72 bits per heavy atom. The van der Waals surface area contributed by atoms with E-state index < -0.39 is 0 Å². The molecule has 2 amide bonds. The van der Waals surface area contributed by atoms with Crippen molar-refractivity contribution in [2.24, 2.45) is 0 Å². The Kier molecular flexibility index (Phi) is 8.10. The summed E-state index contributed by atoms with van der Waals surface area (Å²) in [6.45, 7) is 8.72. The van der Waals surface area contributed by atoms with Crippen molar-refractivity contribution in [2.75, 3.05) is 36.4 Å². The van der Waals surface area contributed by atoms with Crippen molar-refractivity contribution in [3.63, 3.8) is 0 Å². The van der Waals surface area contributed by atoms with Gasteiger partial charge in [0.1, 0.15) is 0 Å². The van der Waals surface area contributed by atoms with Gasteiger partial charge in [-0.3, -0.25) is 14.9 Å². The number of hydrogen-bond donors (Lipinski definition) is 2. The summed E-state index contributed by atoms with van der Waals surface area (Å²) in [6.07, 6.45) is 0.507. The lowest BCUT2D eigenvalue weighted by molar-refractivity contribution is -0.131. The zero-order chi connectivity index (χ0) is 23.3. The fourth-order valence-electron chi connectivity index (χ4n) is 3.69. The number of para-hydroxylation sites is 1. The second kappa shape index (κ2) is 10.8. The van der Waals surface area contributed by atoms with Gasteiger partial charge >= 0.3 is 0 Å². The minimum absolute atomic E-state index is 0.160. The van der Waals surface area contributed by atoms with Crippen LogP contribution >= 0.6 is 23.8 Å². The highest BCUT2D eigenvalue weighted by Gasteiger charge is 2.23. The van der Waals surface area contributed by atoms with Crippen LogP contribution in [0.25, 0.3) is 0 Å². The molecule has 2 aromatic carbocycles. The van der Waals surface area contributed by atoms with Crippen LogP contribution in [0, 0.1) is 0 Å². The summed E-state index contributed by atoms with van der Waals surface area (Å²) < 4.78 is 0. The third kappa shape index (κ3) is 5.78. The first kappa shape index (κ1) is 24.0. The third-order valence-corrected chi connectivity index (χ3v) is 6.06. The van der Waals surface area contributed by atoms with E-state index >= 15 is 0 Å². The summed E-state index contributed by atoms with van der Waals surface area (Å²) in [5.74, 6) is 0.290. The van der Waals surface area contributed by atoms with Crippen LogP contribution in [-0.2, 0) is 4.79 Å². The minimum atomic E-state index is -0.270. The van der Waals surface area contributed by atoms with E-state index in [-0.39, 0.29) is 16.9 Å². The van der Waals surface area contributed by atoms with E-state index in [1.165, 1.54) is 5.56 Å². The number of carbonyl (C=O) groups is 2. The van der Waals surface area contributed by atoms with Gasteiger partial charge in [0.05, 0.1) is 16.4 Å². The first-order valence-corrected chi connectivity index (χ1v) is 11.6. The van der Waals surface area contributed by atoms with Crippen LogP contribution in [-0.4, -0.2) is 48.0 Å². The maximum absolute atomic E-state index is 12.6. The van der Waals surface area contributed by atoms with Gasteiger partial charge in [-0.1, -0.05) is 50.6 Å². The molecule has 1 aliphatic rings. The number of halogens is 1. The van der Waals surface area contributed by atoms with Crippen molar-refractivity contribution < 1.29 is 9.59 Å². The number of nitrogens with zero attached hydrogens (tertiary/aromatic N) is 2. The lowest BCUT2D eigenvalue weighted by Gasteiger charge is -2.37. The van der Waals surface area contributed by atoms with Crippen molar-refractivity contribution in [1.82, 2.24) is 10.2 Å². The average molecular weight is 473 g/mol.